The van der Waals surface area contributed by atoms with Gasteiger partial charge < -0.3 is 9.32 Å². The Morgan fingerprint density at radius 3 is 1.49 bits per heavy atom. The van der Waals surface area contributed by atoms with Gasteiger partial charge in [0.2, 0.25) is 0 Å². The van der Waals surface area contributed by atoms with Crippen LogP contribution in [0.3, 0.4) is 0 Å². The van der Waals surface area contributed by atoms with E-state index >= 15 is 0 Å². The number of anilines is 3. The predicted octanol–water partition coefficient (Wildman–Crippen LogP) is 15.1. The van der Waals surface area contributed by atoms with Crippen molar-refractivity contribution in [1.82, 2.24) is 0 Å². The van der Waals surface area contributed by atoms with Crippen molar-refractivity contribution in [2.45, 2.75) is 57.8 Å². The molecule has 3 aliphatic carbocycles. The number of nitrogens with zero attached hydrogens (tertiary/aromatic N) is 1. The van der Waals surface area contributed by atoms with Gasteiger partial charge in [-0.3, -0.25) is 0 Å². The van der Waals surface area contributed by atoms with Crippen LogP contribution >= 0.6 is 0 Å². The number of fused-ring (bicyclic) bond motifs is 16. The lowest BCUT2D eigenvalue weighted by Gasteiger charge is -2.30. The zero-order valence-electron chi connectivity index (χ0n) is 33.3. The Morgan fingerprint density at radius 1 is 0.404 bits per heavy atom. The second kappa shape index (κ2) is 10.9. The van der Waals surface area contributed by atoms with Crippen LogP contribution in [0.2, 0.25) is 0 Å². The van der Waals surface area contributed by atoms with Crippen molar-refractivity contribution in [1.29, 1.82) is 0 Å². The molecule has 3 aliphatic rings. The summed E-state index contributed by atoms with van der Waals surface area (Å²) < 4.78 is 7.12. The Balaban J connectivity index is 1.19. The second-order valence-electron chi connectivity index (χ2n) is 18.1. The summed E-state index contributed by atoms with van der Waals surface area (Å²) in [4.78, 5) is 2.52. The molecule has 274 valence electrons. The van der Waals surface area contributed by atoms with E-state index in [1.807, 2.05) is 0 Å². The van der Waals surface area contributed by atoms with E-state index in [4.69, 9.17) is 4.42 Å². The van der Waals surface area contributed by atoms with E-state index in [1.165, 1.54) is 77.5 Å². The lowest BCUT2D eigenvalue weighted by Crippen LogP contribution is -2.18. The molecule has 2 heteroatoms. The molecule has 0 unspecified atom stereocenters. The van der Waals surface area contributed by atoms with Crippen LogP contribution in [0.4, 0.5) is 17.1 Å². The highest BCUT2D eigenvalue weighted by Gasteiger charge is 2.41. The molecule has 0 bridgehead atoms. The molecule has 9 aromatic rings. The minimum absolute atomic E-state index is 0.140. The van der Waals surface area contributed by atoms with Gasteiger partial charge in [0.1, 0.15) is 11.2 Å². The lowest BCUT2D eigenvalue weighted by molar-refractivity contribution is 0.659. The molecule has 2 nitrogen and oxygen atoms in total. The first-order valence-corrected chi connectivity index (χ1v) is 20.4. The van der Waals surface area contributed by atoms with Gasteiger partial charge in [-0.1, -0.05) is 157 Å². The fourth-order valence-electron chi connectivity index (χ4n) is 11.3. The summed E-state index contributed by atoms with van der Waals surface area (Å²) >= 11 is 0. The van der Waals surface area contributed by atoms with Crippen LogP contribution in [0.15, 0.2) is 156 Å². The fraction of sp³-hybridized carbons (Fsp3) is 0.164. The summed E-state index contributed by atoms with van der Waals surface area (Å²) in [6, 6.07) is 56.7. The molecule has 0 aliphatic heterocycles. The molecule has 1 aromatic heterocycles. The first-order chi connectivity index (χ1) is 27.6. The number of hydrogen-bond acceptors (Lipinski definition) is 2. The Kier molecular flexibility index (Phi) is 6.29. The van der Waals surface area contributed by atoms with Gasteiger partial charge in [-0.05, 0) is 109 Å². The van der Waals surface area contributed by atoms with E-state index in [9.17, 15) is 0 Å². The number of benzene rings is 8. The SMILES string of the molecule is CC1(C)c2ccccc2-c2ccc(N(c3ccc4c(c3)C(C)(C)c3ccccc3-4)c3cccc4oc5c6ccccc6c6c(c5c34)C(C)(C)c3ccccc3-6)cc21. The first-order valence-electron chi connectivity index (χ1n) is 20.4. The maximum Gasteiger partial charge on any atom is 0.143 e. The third-order valence-corrected chi connectivity index (χ3v) is 14.0. The summed E-state index contributed by atoms with van der Waals surface area (Å²) in [5.74, 6) is 0. The molecule has 0 fully saturated rings. The summed E-state index contributed by atoms with van der Waals surface area (Å²) in [5, 5.41) is 4.77. The monoisotopic (exact) mass is 733 g/mol. The maximum atomic E-state index is 7.12. The summed E-state index contributed by atoms with van der Waals surface area (Å²) in [7, 11) is 0. The van der Waals surface area contributed by atoms with Gasteiger partial charge in [-0.2, -0.15) is 0 Å². The summed E-state index contributed by atoms with van der Waals surface area (Å²) in [6.07, 6.45) is 0. The van der Waals surface area contributed by atoms with E-state index < -0.39 is 0 Å². The smallest absolute Gasteiger partial charge is 0.143 e. The Bertz CT molecular complexity index is 3120. The molecule has 8 aromatic carbocycles. The molecular formula is C55H43NO. The van der Waals surface area contributed by atoms with Crippen molar-refractivity contribution in [3.8, 4) is 33.4 Å². The standard InChI is InChI=1S/C55H43NO/c1-53(2)41-21-12-9-16-34(41)36-28-26-32(30-44(36)53)56(33-27-29-37-35-17-10-13-22-42(35)54(3,4)45(37)31-33)46-24-15-25-47-49(46)50-51-48(38-18-7-8-19-39(38)52(50)57-47)40-20-11-14-23-43(40)55(51,5)6/h7-31H,1-6H3. The van der Waals surface area contributed by atoms with E-state index in [0.717, 1.165) is 39.0 Å². The number of hydrogen-bond donors (Lipinski definition) is 0. The molecular weight excluding hydrogens is 691 g/mol. The number of furan rings is 1. The van der Waals surface area contributed by atoms with Crippen LogP contribution in [-0.4, -0.2) is 0 Å². The highest BCUT2D eigenvalue weighted by atomic mass is 16.3. The van der Waals surface area contributed by atoms with E-state index in [1.54, 1.807) is 0 Å². The maximum absolute atomic E-state index is 7.12. The van der Waals surface area contributed by atoms with E-state index in [0.29, 0.717) is 0 Å². The van der Waals surface area contributed by atoms with Gasteiger partial charge in [0.05, 0.1) is 11.1 Å². The topological polar surface area (TPSA) is 16.4 Å². The molecule has 12 rings (SSSR count). The Morgan fingerprint density at radius 2 is 0.895 bits per heavy atom. The van der Waals surface area contributed by atoms with Crippen molar-refractivity contribution in [2.75, 3.05) is 4.90 Å². The van der Waals surface area contributed by atoms with Crippen molar-refractivity contribution in [3.63, 3.8) is 0 Å². The summed E-state index contributed by atoms with van der Waals surface area (Å²) in [6.45, 7) is 14.3. The minimum atomic E-state index is -0.240. The van der Waals surface area contributed by atoms with Gasteiger partial charge in [-0.25, -0.2) is 0 Å². The van der Waals surface area contributed by atoms with Gasteiger partial charge in [0, 0.05) is 38.4 Å². The van der Waals surface area contributed by atoms with Crippen molar-refractivity contribution in [2.24, 2.45) is 0 Å². The summed E-state index contributed by atoms with van der Waals surface area (Å²) in [5.41, 5.74) is 20.9. The van der Waals surface area contributed by atoms with Crippen LogP contribution < -0.4 is 4.90 Å². The van der Waals surface area contributed by atoms with E-state index in [2.05, 4.69) is 198 Å². The highest BCUT2D eigenvalue weighted by Crippen LogP contribution is 2.59. The van der Waals surface area contributed by atoms with Gasteiger partial charge in [0.25, 0.3) is 0 Å². The third kappa shape index (κ3) is 4.10. The Labute approximate surface area is 334 Å². The molecule has 0 saturated carbocycles. The average molecular weight is 734 g/mol. The zero-order valence-corrected chi connectivity index (χ0v) is 33.3. The quantitative estimate of drug-likeness (QED) is 0.180. The highest BCUT2D eigenvalue weighted by molar-refractivity contribution is 6.26. The average Bonchev–Trinajstić information content (AvgIpc) is 3.88. The normalized spacial score (nSPS) is 16.0. The third-order valence-electron chi connectivity index (χ3n) is 14.0. The predicted molar refractivity (Wildman–Crippen MR) is 239 cm³/mol. The minimum Gasteiger partial charge on any atom is -0.455 e. The molecule has 0 spiro atoms. The second-order valence-corrected chi connectivity index (χ2v) is 18.1. The number of rotatable bonds is 3. The van der Waals surface area contributed by atoms with Crippen molar-refractivity contribution >= 4 is 49.8 Å². The lowest BCUT2D eigenvalue weighted by atomic mass is 9.79. The van der Waals surface area contributed by atoms with Crippen molar-refractivity contribution < 1.29 is 4.42 Å². The molecule has 0 radical (unpaired) electrons. The van der Waals surface area contributed by atoms with Gasteiger partial charge >= 0.3 is 0 Å². The first kappa shape index (κ1) is 32.8. The molecule has 0 amide bonds. The fourth-order valence-corrected chi connectivity index (χ4v) is 11.3. The van der Waals surface area contributed by atoms with Crippen molar-refractivity contribution in [3.05, 3.63) is 185 Å². The van der Waals surface area contributed by atoms with Crippen LogP contribution in [0, 0.1) is 0 Å². The van der Waals surface area contributed by atoms with Gasteiger partial charge in [-0.15, -0.1) is 0 Å². The largest absolute Gasteiger partial charge is 0.455 e. The Hall–Kier alpha value is -6.38. The van der Waals surface area contributed by atoms with Crippen LogP contribution in [-0.2, 0) is 16.2 Å². The molecule has 57 heavy (non-hydrogen) atoms. The zero-order chi connectivity index (χ0) is 38.6. The van der Waals surface area contributed by atoms with Crippen LogP contribution in [0.5, 0.6) is 0 Å². The van der Waals surface area contributed by atoms with Gasteiger partial charge in [0.15, 0.2) is 0 Å². The van der Waals surface area contributed by atoms with E-state index in [-0.39, 0.29) is 16.2 Å². The van der Waals surface area contributed by atoms with Crippen LogP contribution in [0.25, 0.3) is 66.1 Å². The molecule has 0 saturated heterocycles. The molecule has 0 N–H and O–H groups in total. The molecule has 1 heterocycles. The molecule has 0 atom stereocenters. The van der Waals surface area contributed by atoms with Crippen LogP contribution in [0.1, 0.15) is 74.9 Å².